The third kappa shape index (κ3) is 3.27. The smallest absolute Gasteiger partial charge is 0.249 e. The molecule has 1 aliphatic rings. The summed E-state index contributed by atoms with van der Waals surface area (Å²) >= 11 is 6.14. The number of nitrogens with one attached hydrogen (secondary N) is 2. The van der Waals surface area contributed by atoms with Gasteiger partial charge in [0, 0.05) is 11.1 Å². The zero-order valence-electron chi connectivity index (χ0n) is 15.5. The van der Waals surface area contributed by atoms with Crippen molar-refractivity contribution in [2.45, 2.75) is 26.3 Å². The molecule has 2 amide bonds. The van der Waals surface area contributed by atoms with E-state index in [-0.39, 0.29) is 18.2 Å². The predicted octanol–water partition coefficient (Wildman–Crippen LogP) is 4.34. The average molecular weight is 395 g/mol. The van der Waals surface area contributed by atoms with Gasteiger partial charge >= 0.3 is 0 Å². The van der Waals surface area contributed by atoms with Crippen molar-refractivity contribution >= 4 is 34.9 Å². The Hall–Kier alpha value is -3.12. The minimum absolute atomic E-state index is 0.0117. The Kier molecular flexibility index (Phi) is 4.65. The molecule has 3 aromatic rings. The SMILES string of the molecule is Cc1ccc(-c2nn3c(c2C)NC(=O)C[C@@H]3C(=O)Nc2ccccc2Cl)cc1. The van der Waals surface area contributed by atoms with Gasteiger partial charge in [0.15, 0.2) is 0 Å². The molecule has 4 rings (SSSR count). The number of hydrogen-bond donors (Lipinski definition) is 2. The molecule has 7 heteroatoms. The number of nitrogens with zero attached hydrogens (tertiary/aromatic N) is 2. The van der Waals surface area contributed by atoms with Crippen LogP contribution in [-0.4, -0.2) is 21.6 Å². The lowest BCUT2D eigenvalue weighted by molar-refractivity contribution is -0.125. The van der Waals surface area contributed by atoms with Crippen LogP contribution >= 0.6 is 11.6 Å². The fourth-order valence-electron chi connectivity index (χ4n) is 3.31. The van der Waals surface area contributed by atoms with Crippen LogP contribution in [-0.2, 0) is 9.59 Å². The monoisotopic (exact) mass is 394 g/mol. The Morgan fingerprint density at radius 3 is 2.61 bits per heavy atom. The van der Waals surface area contributed by atoms with E-state index in [2.05, 4.69) is 15.7 Å². The van der Waals surface area contributed by atoms with Crippen LogP contribution in [0.4, 0.5) is 11.5 Å². The number of carbonyl (C=O) groups excluding carboxylic acids is 2. The number of anilines is 2. The second-order valence-electron chi connectivity index (χ2n) is 6.87. The van der Waals surface area contributed by atoms with Gasteiger partial charge < -0.3 is 10.6 Å². The van der Waals surface area contributed by atoms with Crippen molar-refractivity contribution in [1.82, 2.24) is 9.78 Å². The molecule has 28 heavy (non-hydrogen) atoms. The number of fused-ring (bicyclic) bond motifs is 1. The first-order chi connectivity index (χ1) is 13.4. The van der Waals surface area contributed by atoms with Crippen LogP contribution in [0.1, 0.15) is 23.6 Å². The summed E-state index contributed by atoms with van der Waals surface area (Å²) in [6.45, 7) is 3.91. The van der Waals surface area contributed by atoms with Crippen LogP contribution in [0.5, 0.6) is 0 Å². The van der Waals surface area contributed by atoms with E-state index in [0.717, 1.165) is 22.4 Å². The third-order valence-corrected chi connectivity index (χ3v) is 5.17. The molecule has 0 aliphatic carbocycles. The summed E-state index contributed by atoms with van der Waals surface area (Å²) in [5.74, 6) is -0.00134. The first kappa shape index (κ1) is 18.3. The van der Waals surface area contributed by atoms with Gasteiger partial charge in [-0.15, -0.1) is 0 Å². The molecular formula is C21H19ClN4O2. The largest absolute Gasteiger partial charge is 0.323 e. The van der Waals surface area contributed by atoms with Gasteiger partial charge in [-0.05, 0) is 26.0 Å². The highest BCUT2D eigenvalue weighted by molar-refractivity contribution is 6.33. The van der Waals surface area contributed by atoms with Gasteiger partial charge in [-0.2, -0.15) is 5.10 Å². The topological polar surface area (TPSA) is 76.0 Å². The van der Waals surface area contributed by atoms with E-state index in [4.69, 9.17) is 11.6 Å². The lowest BCUT2D eigenvalue weighted by Gasteiger charge is -2.24. The number of carbonyl (C=O) groups is 2. The molecular weight excluding hydrogens is 376 g/mol. The molecule has 0 saturated heterocycles. The first-order valence-electron chi connectivity index (χ1n) is 8.95. The zero-order chi connectivity index (χ0) is 19.8. The molecule has 0 saturated carbocycles. The van der Waals surface area contributed by atoms with Gasteiger partial charge in [0.1, 0.15) is 11.9 Å². The molecule has 2 N–H and O–H groups in total. The maximum absolute atomic E-state index is 12.9. The Morgan fingerprint density at radius 1 is 1.18 bits per heavy atom. The summed E-state index contributed by atoms with van der Waals surface area (Å²) in [7, 11) is 0. The molecule has 1 atom stereocenters. The zero-order valence-corrected chi connectivity index (χ0v) is 16.2. The third-order valence-electron chi connectivity index (χ3n) is 4.84. The number of para-hydroxylation sites is 1. The maximum Gasteiger partial charge on any atom is 0.249 e. The summed E-state index contributed by atoms with van der Waals surface area (Å²) in [4.78, 5) is 25.2. The molecule has 0 bridgehead atoms. The average Bonchev–Trinajstić information content (AvgIpc) is 3.00. The molecule has 2 heterocycles. The normalized spacial score (nSPS) is 15.7. The van der Waals surface area contributed by atoms with Gasteiger partial charge in [-0.25, -0.2) is 4.68 Å². The quantitative estimate of drug-likeness (QED) is 0.693. The fraction of sp³-hybridized carbons (Fsp3) is 0.190. The molecule has 0 spiro atoms. The summed E-state index contributed by atoms with van der Waals surface area (Å²) < 4.78 is 1.60. The minimum Gasteiger partial charge on any atom is -0.323 e. The Bertz CT molecular complexity index is 1070. The second kappa shape index (κ2) is 7.13. The van der Waals surface area contributed by atoms with Gasteiger partial charge in [0.05, 0.1) is 22.8 Å². The van der Waals surface area contributed by atoms with E-state index in [1.807, 2.05) is 38.1 Å². The van der Waals surface area contributed by atoms with Gasteiger partial charge in [0.25, 0.3) is 0 Å². The van der Waals surface area contributed by atoms with Gasteiger partial charge in [-0.3, -0.25) is 9.59 Å². The van der Waals surface area contributed by atoms with Crippen molar-refractivity contribution in [1.29, 1.82) is 0 Å². The van der Waals surface area contributed by atoms with Crippen molar-refractivity contribution in [2.24, 2.45) is 0 Å². The summed E-state index contributed by atoms with van der Waals surface area (Å²) in [5, 5.41) is 10.7. The molecule has 6 nitrogen and oxygen atoms in total. The number of benzene rings is 2. The van der Waals surface area contributed by atoms with Gasteiger partial charge in [-0.1, -0.05) is 53.6 Å². The number of amides is 2. The van der Waals surface area contributed by atoms with E-state index in [0.29, 0.717) is 16.5 Å². The summed E-state index contributed by atoms with van der Waals surface area (Å²) in [5.41, 5.74) is 4.16. The summed E-state index contributed by atoms with van der Waals surface area (Å²) in [6, 6.07) is 14.2. The van der Waals surface area contributed by atoms with Crippen LogP contribution < -0.4 is 10.6 Å². The summed E-state index contributed by atoms with van der Waals surface area (Å²) in [6.07, 6.45) is 0.0117. The standard InChI is InChI=1S/C21H19ClN4O2/c1-12-7-9-14(10-8-12)19-13(2)20-24-18(27)11-17(26(20)25-19)21(28)23-16-6-4-3-5-15(16)22/h3-10,17H,11H2,1-2H3,(H,23,28)(H,24,27)/t17-/m1/s1. The Labute approximate surface area is 167 Å². The minimum atomic E-state index is -0.752. The molecule has 1 aromatic heterocycles. The molecule has 0 fully saturated rings. The van der Waals surface area contributed by atoms with Crippen molar-refractivity contribution in [3.05, 3.63) is 64.7 Å². The number of rotatable bonds is 3. The van der Waals surface area contributed by atoms with E-state index >= 15 is 0 Å². The highest BCUT2D eigenvalue weighted by Gasteiger charge is 2.34. The molecule has 0 unspecified atom stereocenters. The first-order valence-corrected chi connectivity index (χ1v) is 9.33. The lowest BCUT2D eigenvalue weighted by atomic mass is 10.1. The fourth-order valence-corrected chi connectivity index (χ4v) is 3.49. The van der Waals surface area contributed by atoms with Crippen LogP contribution in [0.15, 0.2) is 48.5 Å². The van der Waals surface area contributed by atoms with Crippen LogP contribution in [0.2, 0.25) is 5.02 Å². The number of aromatic nitrogens is 2. The Balaban J connectivity index is 1.71. The van der Waals surface area contributed by atoms with Crippen LogP contribution in [0.25, 0.3) is 11.3 Å². The van der Waals surface area contributed by atoms with Crippen LogP contribution in [0.3, 0.4) is 0 Å². The van der Waals surface area contributed by atoms with Crippen molar-refractivity contribution in [2.75, 3.05) is 10.6 Å². The highest BCUT2D eigenvalue weighted by Crippen LogP contribution is 2.35. The highest BCUT2D eigenvalue weighted by atomic mass is 35.5. The van der Waals surface area contributed by atoms with Gasteiger partial charge in [0.2, 0.25) is 11.8 Å². The lowest BCUT2D eigenvalue weighted by Crippen LogP contribution is -2.36. The maximum atomic E-state index is 12.9. The van der Waals surface area contributed by atoms with E-state index in [1.165, 1.54) is 0 Å². The molecule has 2 aromatic carbocycles. The van der Waals surface area contributed by atoms with E-state index in [1.54, 1.807) is 28.9 Å². The van der Waals surface area contributed by atoms with Crippen molar-refractivity contribution in [3.63, 3.8) is 0 Å². The van der Waals surface area contributed by atoms with Crippen LogP contribution in [0, 0.1) is 13.8 Å². The number of aryl methyl sites for hydroxylation is 1. The van der Waals surface area contributed by atoms with Crippen molar-refractivity contribution in [3.8, 4) is 11.3 Å². The van der Waals surface area contributed by atoms with E-state index < -0.39 is 6.04 Å². The molecule has 142 valence electrons. The number of halogens is 1. The molecule has 0 radical (unpaired) electrons. The van der Waals surface area contributed by atoms with E-state index in [9.17, 15) is 9.59 Å². The van der Waals surface area contributed by atoms with Crippen molar-refractivity contribution < 1.29 is 9.59 Å². The molecule has 1 aliphatic heterocycles. The predicted molar refractivity (Wildman–Crippen MR) is 110 cm³/mol. The number of hydrogen-bond acceptors (Lipinski definition) is 3. The Morgan fingerprint density at radius 2 is 1.89 bits per heavy atom. The second-order valence-corrected chi connectivity index (χ2v) is 7.28.